The standard InChI is InChI=1S/C9H17F2NO3/c1-15-9(14)3-2-4-12(5-6-13)7-8(10)11/h8,13H,2-7H2,1H3. The normalized spacial score (nSPS) is 11.1. The molecule has 4 nitrogen and oxygen atoms in total. The summed E-state index contributed by atoms with van der Waals surface area (Å²) in [6.45, 7) is 0.0260. The van der Waals surface area contributed by atoms with Crippen molar-refractivity contribution in [2.24, 2.45) is 0 Å². The predicted molar refractivity (Wildman–Crippen MR) is 50.8 cm³/mol. The van der Waals surface area contributed by atoms with Crippen LogP contribution in [0.4, 0.5) is 8.78 Å². The van der Waals surface area contributed by atoms with Gasteiger partial charge in [0.25, 0.3) is 6.43 Å². The number of halogens is 2. The van der Waals surface area contributed by atoms with Crippen LogP contribution in [0, 0.1) is 0 Å². The Morgan fingerprint density at radius 2 is 2.13 bits per heavy atom. The monoisotopic (exact) mass is 225 g/mol. The molecular weight excluding hydrogens is 208 g/mol. The van der Waals surface area contributed by atoms with Crippen molar-refractivity contribution in [2.75, 3.05) is 33.4 Å². The Morgan fingerprint density at radius 1 is 1.47 bits per heavy atom. The highest BCUT2D eigenvalue weighted by molar-refractivity contribution is 5.69. The molecule has 0 aliphatic rings. The van der Waals surface area contributed by atoms with Gasteiger partial charge in [0.15, 0.2) is 0 Å². The molecule has 0 aromatic carbocycles. The number of carbonyl (C=O) groups is 1. The topological polar surface area (TPSA) is 49.8 Å². The van der Waals surface area contributed by atoms with E-state index in [1.807, 2.05) is 0 Å². The van der Waals surface area contributed by atoms with E-state index >= 15 is 0 Å². The van der Waals surface area contributed by atoms with Gasteiger partial charge in [-0.15, -0.1) is 0 Å². The maximum atomic E-state index is 12.0. The lowest BCUT2D eigenvalue weighted by atomic mass is 10.3. The second kappa shape index (κ2) is 8.55. The van der Waals surface area contributed by atoms with Gasteiger partial charge in [-0.3, -0.25) is 9.69 Å². The summed E-state index contributed by atoms with van der Waals surface area (Å²) in [5, 5.41) is 8.63. The zero-order chi connectivity index (χ0) is 11.7. The fourth-order valence-electron chi connectivity index (χ4n) is 1.18. The third kappa shape index (κ3) is 8.26. The maximum absolute atomic E-state index is 12.0. The van der Waals surface area contributed by atoms with Crippen molar-refractivity contribution >= 4 is 5.97 Å². The molecule has 0 heterocycles. The molecule has 90 valence electrons. The van der Waals surface area contributed by atoms with E-state index in [1.165, 1.54) is 12.0 Å². The molecule has 0 rings (SSSR count). The largest absolute Gasteiger partial charge is 0.469 e. The van der Waals surface area contributed by atoms with Gasteiger partial charge in [-0.05, 0) is 13.0 Å². The maximum Gasteiger partial charge on any atom is 0.305 e. The van der Waals surface area contributed by atoms with Crippen LogP contribution < -0.4 is 0 Å². The van der Waals surface area contributed by atoms with Crippen LogP contribution in [0.1, 0.15) is 12.8 Å². The highest BCUT2D eigenvalue weighted by Gasteiger charge is 2.11. The first-order chi connectivity index (χ1) is 7.10. The summed E-state index contributed by atoms with van der Waals surface area (Å²) in [5.41, 5.74) is 0. The van der Waals surface area contributed by atoms with E-state index in [4.69, 9.17) is 5.11 Å². The molecule has 0 aromatic rings. The fourth-order valence-corrected chi connectivity index (χ4v) is 1.18. The van der Waals surface area contributed by atoms with Crippen molar-refractivity contribution in [3.05, 3.63) is 0 Å². The molecule has 0 aliphatic heterocycles. The number of aliphatic hydroxyl groups excluding tert-OH is 1. The minimum Gasteiger partial charge on any atom is -0.469 e. The first kappa shape index (κ1) is 14.2. The number of aliphatic hydroxyl groups is 1. The van der Waals surface area contributed by atoms with Crippen molar-refractivity contribution in [1.82, 2.24) is 4.90 Å². The molecule has 0 spiro atoms. The second-order valence-corrected chi connectivity index (χ2v) is 3.09. The minimum atomic E-state index is -2.42. The van der Waals surface area contributed by atoms with Crippen LogP contribution in [0.2, 0.25) is 0 Å². The quantitative estimate of drug-likeness (QED) is 0.611. The number of rotatable bonds is 8. The SMILES string of the molecule is COC(=O)CCCN(CCO)CC(F)F. The molecule has 0 aliphatic carbocycles. The van der Waals surface area contributed by atoms with Crippen LogP contribution in [-0.2, 0) is 9.53 Å². The number of ether oxygens (including phenoxy) is 1. The average Bonchev–Trinajstić information content (AvgIpc) is 2.16. The molecule has 0 fully saturated rings. The van der Waals surface area contributed by atoms with Crippen LogP contribution in [0.25, 0.3) is 0 Å². The fraction of sp³-hybridized carbons (Fsp3) is 0.889. The molecule has 0 atom stereocenters. The smallest absolute Gasteiger partial charge is 0.305 e. The number of hydrogen-bond donors (Lipinski definition) is 1. The molecule has 1 N–H and O–H groups in total. The summed E-state index contributed by atoms with van der Waals surface area (Å²) >= 11 is 0. The Labute approximate surface area is 87.8 Å². The molecule has 0 bridgehead atoms. The van der Waals surface area contributed by atoms with Crippen molar-refractivity contribution < 1.29 is 23.4 Å². The lowest BCUT2D eigenvalue weighted by Crippen LogP contribution is -2.32. The van der Waals surface area contributed by atoms with Gasteiger partial charge in [0, 0.05) is 13.0 Å². The summed E-state index contributed by atoms with van der Waals surface area (Å²) in [5.74, 6) is -0.351. The Kier molecular flexibility index (Phi) is 8.12. The number of nitrogens with zero attached hydrogens (tertiary/aromatic N) is 1. The molecule has 0 amide bonds. The van der Waals surface area contributed by atoms with E-state index in [0.717, 1.165) is 0 Å². The van der Waals surface area contributed by atoms with Crippen LogP contribution in [0.5, 0.6) is 0 Å². The van der Waals surface area contributed by atoms with Gasteiger partial charge in [0.05, 0.1) is 20.3 Å². The van der Waals surface area contributed by atoms with Crippen molar-refractivity contribution in [2.45, 2.75) is 19.3 Å². The Hall–Kier alpha value is -0.750. The van der Waals surface area contributed by atoms with E-state index in [9.17, 15) is 13.6 Å². The Morgan fingerprint density at radius 3 is 2.60 bits per heavy atom. The Bertz CT molecular complexity index is 179. The number of alkyl halides is 2. The molecule has 0 radical (unpaired) electrons. The first-order valence-corrected chi connectivity index (χ1v) is 4.78. The van der Waals surface area contributed by atoms with Crippen LogP contribution in [0.15, 0.2) is 0 Å². The number of esters is 1. The summed E-state index contributed by atoms with van der Waals surface area (Å²) in [4.78, 5) is 12.2. The van der Waals surface area contributed by atoms with Crippen LogP contribution in [-0.4, -0.2) is 55.8 Å². The molecule has 6 heteroatoms. The van der Waals surface area contributed by atoms with Crippen molar-refractivity contribution in [3.63, 3.8) is 0 Å². The highest BCUT2D eigenvalue weighted by atomic mass is 19.3. The lowest BCUT2D eigenvalue weighted by molar-refractivity contribution is -0.140. The summed E-state index contributed by atoms with van der Waals surface area (Å²) in [7, 11) is 1.28. The second-order valence-electron chi connectivity index (χ2n) is 3.09. The molecule has 0 aromatic heterocycles. The van der Waals surface area contributed by atoms with Crippen LogP contribution in [0.3, 0.4) is 0 Å². The van der Waals surface area contributed by atoms with Gasteiger partial charge in [-0.1, -0.05) is 0 Å². The van der Waals surface area contributed by atoms with E-state index in [0.29, 0.717) is 13.0 Å². The van der Waals surface area contributed by atoms with Gasteiger partial charge in [0.1, 0.15) is 0 Å². The summed E-state index contributed by atoms with van der Waals surface area (Å²) in [6.07, 6.45) is -1.75. The summed E-state index contributed by atoms with van der Waals surface area (Å²) < 4.78 is 28.5. The van der Waals surface area contributed by atoms with Gasteiger partial charge < -0.3 is 9.84 Å². The summed E-state index contributed by atoms with van der Waals surface area (Å²) in [6, 6.07) is 0. The zero-order valence-electron chi connectivity index (χ0n) is 8.79. The number of hydrogen-bond acceptors (Lipinski definition) is 4. The van der Waals surface area contributed by atoms with Crippen LogP contribution >= 0.6 is 0 Å². The van der Waals surface area contributed by atoms with Gasteiger partial charge in [0.2, 0.25) is 0 Å². The van der Waals surface area contributed by atoms with E-state index in [2.05, 4.69) is 4.74 Å². The van der Waals surface area contributed by atoms with Gasteiger partial charge >= 0.3 is 5.97 Å². The number of methoxy groups -OCH3 is 1. The van der Waals surface area contributed by atoms with Gasteiger partial charge in [-0.2, -0.15) is 0 Å². The molecule has 15 heavy (non-hydrogen) atoms. The lowest BCUT2D eigenvalue weighted by Gasteiger charge is -2.20. The number of carbonyl (C=O) groups excluding carboxylic acids is 1. The molecular formula is C9H17F2NO3. The van der Waals surface area contributed by atoms with Crippen molar-refractivity contribution in [1.29, 1.82) is 0 Å². The third-order valence-electron chi connectivity index (χ3n) is 1.90. The molecule has 0 saturated carbocycles. The van der Waals surface area contributed by atoms with E-state index in [-0.39, 0.29) is 32.1 Å². The third-order valence-corrected chi connectivity index (χ3v) is 1.90. The minimum absolute atomic E-state index is 0.162. The van der Waals surface area contributed by atoms with E-state index in [1.54, 1.807) is 0 Å². The average molecular weight is 225 g/mol. The molecule has 0 saturated heterocycles. The zero-order valence-corrected chi connectivity index (χ0v) is 8.79. The van der Waals surface area contributed by atoms with E-state index < -0.39 is 6.43 Å². The predicted octanol–water partition coefficient (Wildman–Crippen LogP) is 0.499. The first-order valence-electron chi connectivity index (χ1n) is 4.78. The highest BCUT2D eigenvalue weighted by Crippen LogP contribution is 2.01. The van der Waals surface area contributed by atoms with Gasteiger partial charge in [-0.25, -0.2) is 8.78 Å². The Balaban J connectivity index is 3.70. The van der Waals surface area contributed by atoms with Crippen molar-refractivity contribution in [3.8, 4) is 0 Å². The molecule has 0 unspecified atom stereocenters.